The van der Waals surface area contributed by atoms with Gasteiger partial charge in [-0.25, -0.2) is 0 Å². The molecule has 1 aromatic heterocycles. The van der Waals surface area contributed by atoms with Crippen LogP contribution in [0, 0.1) is 0 Å². The molecule has 3 rings (SSSR count). The Bertz CT molecular complexity index is 560. The van der Waals surface area contributed by atoms with Crippen molar-refractivity contribution in [2.45, 2.75) is 12.8 Å². The summed E-state index contributed by atoms with van der Waals surface area (Å²) < 4.78 is 5.26. The van der Waals surface area contributed by atoms with E-state index in [4.69, 9.17) is 4.74 Å². The molecule has 0 fully saturated rings. The highest BCUT2D eigenvalue weighted by Crippen LogP contribution is 2.36. The van der Waals surface area contributed by atoms with Crippen LogP contribution in [0.5, 0.6) is 5.75 Å². The SMILES string of the molecule is CNc1n[nH]c2c1CCc1cc(OC)ccc1-2. The number of H-pyrrole nitrogens is 1. The van der Waals surface area contributed by atoms with E-state index in [0.717, 1.165) is 30.1 Å². The smallest absolute Gasteiger partial charge is 0.151 e. The van der Waals surface area contributed by atoms with E-state index in [2.05, 4.69) is 27.6 Å². The summed E-state index contributed by atoms with van der Waals surface area (Å²) >= 11 is 0. The fourth-order valence-electron chi connectivity index (χ4n) is 2.45. The van der Waals surface area contributed by atoms with Gasteiger partial charge in [-0.15, -0.1) is 0 Å². The third-order valence-electron chi connectivity index (χ3n) is 3.33. The van der Waals surface area contributed by atoms with Crippen LogP contribution in [0.3, 0.4) is 0 Å². The van der Waals surface area contributed by atoms with E-state index < -0.39 is 0 Å². The zero-order chi connectivity index (χ0) is 11.8. The highest BCUT2D eigenvalue weighted by atomic mass is 16.5. The predicted molar refractivity (Wildman–Crippen MR) is 67.5 cm³/mol. The molecule has 1 aromatic carbocycles. The number of rotatable bonds is 2. The van der Waals surface area contributed by atoms with Gasteiger partial charge >= 0.3 is 0 Å². The molecule has 17 heavy (non-hydrogen) atoms. The summed E-state index contributed by atoms with van der Waals surface area (Å²) in [6.45, 7) is 0. The summed E-state index contributed by atoms with van der Waals surface area (Å²) in [5.74, 6) is 1.88. The fraction of sp³-hybridized carbons (Fsp3) is 0.308. The van der Waals surface area contributed by atoms with Crippen molar-refractivity contribution in [3.05, 3.63) is 29.3 Å². The Morgan fingerprint density at radius 1 is 1.35 bits per heavy atom. The highest BCUT2D eigenvalue weighted by molar-refractivity contribution is 5.74. The quantitative estimate of drug-likeness (QED) is 0.830. The van der Waals surface area contributed by atoms with Gasteiger partial charge < -0.3 is 10.1 Å². The van der Waals surface area contributed by atoms with Crippen LogP contribution in [0.15, 0.2) is 18.2 Å². The molecule has 0 unspecified atom stereocenters. The topological polar surface area (TPSA) is 49.9 Å². The number of hydrogen-bond donors (Lipinski definition) is 2. The van der Waals surface area contributed by atoms with Crippen molar-refractivity contribution < 1.29 is 4.74 Å². The average molecular weight is 229 g/mol. The molecule has 4 nitrogen and oxygen atoms in total. The summed E-state index contributed by atoms with van der Waals surface area (Å²) in [4.78, 5) is 0. The van der Waals surface area contributed by atoms with Gasteiger partial charge in [0.2, 0.25) is 0 Å². The molecule has 0 bridgehead atoms. The Hall–Kier alpha value is -1.97. The van der Waals surface area contributed by atoms with E-state index in [0.29, 0.717) is 0 Å². The number of fused-ring (bicyclic) bond motifs is 3. The average Bonchev–Trinajstić information content (AvgIpc) is 2.81. The zero-order valence-electron chi connectivity index (χ0n) is 10.0. The van der Waals surface area contributed by atoms with Gasteiger partial charge in [-0.2, -0.15) is 5.10 Å². The maximum atomic E-state index is 5.26. The van der Waals surface area contributed by atoms with Crippen LogP contribution in [-0.4, -0.2) is 24.4 Å². The van der Waals surface area contributed by atoms with E-state index in [1.807, 2.05) is 13.1 Å². The Kier molecular flexibility index (Phi) is 2.28. The van der Waals surface area contributed by atoms with Crippen LogP contribution in [-0.2, 0) is 12.8 Å². The minimum atomic E-state index is 0.917. The van der Waals surface area contributed by atoms with Crippen LogP contribution >= 0.6 is 0 Å². The van der Waals surface area contributed by atoms with E-state index >= 15 is 0 Å². The van der Waals surface area contributed by atoms with Crippen LogP contribution in [0.4, 0.5) is 5.82 Å². The molecule has 0 amide bonds. The molecule has 2 N–H and O–H groups in total. The van der Waals surface area contributed by atoms with E-state index in [1.165, 1.54) is 16.7 Å². The van der Waals surface area contributed by atoms with Crippen molar-refractivity contribution in [1.82, 2.24) is 10.2 Å². The van der Waals surface area contributed by atoms with Gasteiger partial charge in [0.1, 0.15) is 5.75 Å². The van der Waals surface area contributed by atoms with Crippen molar-refractivity contribution in [3.8, 4) is 17.0 Å². The molecule has 1 heterocycles. The first-order valence-electron chi connectivity index (χ1n) is 5.75. The second kappa shape index (κ2) is 3.80. The van der Waals surface area contributed by atoms with Crippen LogP contribution < -0.4 is 10.1 Å². The number of anilines is 1. The summed E-state index contributed by atoms with van der Waals surface area (Å²) in [5, 5.41) is 10.5. The minimum absolute atomic E-state index is 0.917. The lowest BCUT2D eigenvalue weighted by Crippen LogP contribution is -2.04. The monoisotopic (exact) mass is 229 g/mol. The third-order valence-corrected chi connectivity index (χ3v) is 3.33. The predicted octanol–water partition coefficient (Wildman–Crippen LogP) is 2.23. The molecule has 1 aliphatic carbocycles. The van der Waals surface area contributed by atoms with Gasteiger partial charge in [-0.05, 0) is 36.6 Å². The van der Waals surface area contributed by atoms with E-state index in [-0.39, 0.29) is 0 Å². The first kappa shape index (κ1) is 10.2. The molecule has 0 atom stereocenters. The van der Waals surface area contributed by atoms with Crippen LogP contribution in [0.25, 0.3) is 11.3 Å². The van der Waals surface area contributed by atoms with E-state index in [9.17, 15) is 0 Å². The van der Waals surface area contributed by atoms with E-state index in [1.54, 1.807) is 7.11 Å². The molecule has 0 aliphatic heterocycles. The minimum Gasteiger partial charge on any atom is -0.497 e. The van der Waals surface area contributed by atoms with Crippen molar-refractivity contribution in [3.63, 3.8) is 0 Å². The molecular formula is C13H15N3O. The van der Waals surface area contributed by atoms with Crippen LogP contribution in [0.2, 0.25) is 0 Å². The Morgan fingerprint density at radius 3 is 3.00 bits per heavy atom. The van der Waals surface area contributed by atoms with Gasteiger partial charge in [0, 0.05) is 18.2 Å². The number of aromatic amines is 1. The fourth-order valence-corrected chi connectivity index (χ4v) is 2.45. The first-order chi connectivity index (χ1) is 8.33. The summed E-state index contributed by atoms with van der Waals surface area (Å²) in [6.07, 6.45) is 2.05. The third kappa shape index (κ3) is 1.48. The maximum Gasteiger partial charge on any atom is 0.151 e. The lowest BCUT2D eigenvalue weighted by molar-refractivity contribution is 0.414. The Balaban J connectivity index is 2.14. The van der Waals surface area contributed by atoms with Crippen molar-refractivity contribution in [2.75, 3.05) is 19.5 Å². The molecule has 0 saturated carbocycles. The van der Waals surface area contributed by atoms with Gasteiger partial charge in [0.15, 0.2) is 5.82 Å². The standard InChI is InChI=1S/C13H15N3O/c1-14-13-11-5-3-8-7-9(17-2)4-6-10(8)12(11)15-16-13/h4,6-7H,3,5H2,1-2H3,(H2,14,15,16). The van der Waals surface area contributed by atoms with Crippen molar-refractivity contribution >= 4 is 5.82 Å². The maximum absolute atomic E-state index is 5.26. The molecule has 0 saturated heterocycles. The lowest BCUT2D eigenvalue weighted by atomic mass is 9.90. The number of nitrogens with one attached hydrogen (secondary N) is 2. The van der Waals surface area contributed by atoms with Crippen LogP contribution in [0.1, 0.15) is 11.1 Å². The summed E-state index contributed by atoms with van der Waals surface area (Å²) in [7, 11) is 3.60. The highest BCUT2D eigenvalue weighted by Gasteiger charge is 2.21. The van der Waals surface area contributed by atoms with Gasteiger partial charge in [0.05, 0.1) is 12.8 Å². The number of benzene rings is 1. The molecule has 4 heteroatoms. The lowest BCUT2D eigenvalue weighted by Gasteiger charge is -2.17. The molecule has 88 valence electrons. The normalized spacial score (nSPS) is 12.8. The molecule has 0 radical (unpaired) electrons. The number of methoxy groups -OCH3 is 1. The van der Waals surface area contributed by atoms with Gasteiger partial charge in [-0.1, -0.05) is 0 Å². The number of hydrogen-bond acceptors (Lipinski definition) is 3. The molecule has 1 aliphatic rings. The largest absolute Gasteiger partial charge is 0.497 e. The van der Waals surface area contributed by atoms with Crippen molar-refractivity contribution in [2.24, 2.45) is 0 Å². The Morgan fingerprint density at radius 2 is 2.24 bits per heavy atom. The number of ether oxygens (including phenoxy) is 1. The van der Waals surface area contributed by atoms with Gasteiger partial charge in [-0.3, -0.25) is 5.10 Å². The van der Waals surface area contributed by atoms with Gasteiger partial charge in [0.25, 0.3) is 0 Å². The zero-order valence-corrected chi connectivity index (χ0v) is 10.0. The molecule has 2 aromatic rings. The number of aromatic nitrogens is 2. The first-order valence-corrected chi connectivity index (χ1v) is 5.75. The summed E-state index contributed by atoms with van der Waals surface area (Å²) in [6, 6.07) is 6.20. The number of aryl methyl sites for hydroxylation is 1. The molecular weight excluding hydrogens is 214 g/mol. The summed E-state index contributed by atoms with van der Waals surface area (Å²) in [5.41, 5.74) is 4.98. The number of nitrogens with zero attached hydrogens (tertiary/aromatic N) is 1. The Labute approximate surface area is 100 Å². The second-order valence-electron chi connectivity index (χ2n) is 4.20. The van der Waals surface area contributed by atoms with Crippen molar-refractivity contribution in [1.29, 1.82) is 0 Å². The molecule has 0 spiro atoms. The second-order valence-corrected chi connectivity index (χ2v) is 4.20.